The predicted octanol–water partition coefficient (Wildman–Crippen LogP) is 5.25. The van der Waals surface area contributed by atoms with Crippen LogP contribution in [-0.4, -0.2) is 31.2 Å². The van der Waals surface area contributed by atoms with Gasteiger partial charge in [-0.3, -0.25) is 0 Å². The molecule has 2 aromatic carbocycles. The molecule has 1 aromatic heterocycles. The van der Waals surface area contributed by atoms with Crippen molar-refractivity contribution >= 4 is 51.6 Å². The molecule has 3 rings (SSSR count). The zero-order valence-corrected chi connectivity index (χ0v) is 16.6. The molecule has 0 N–H and O–H groups in total. The van der Waals surface area contributed by atoms with E-state index in [4.69, 9.17) is 27.9 Å². The van der Waals surface area contributed by atoms with E-state index >= 15 is 0 Å². The van der Waals surface area contributed by atoms with Crippen LogP contribution in [0.25, 0.3) is 10.9 Å². The summed E-state index contributed by atoms with van der Waals surface area (Å²) in [6, 6.07) is 14.7. The monoisotopic (exact) mass is 404 g/mol. The Bertz CT molecular complexity index is 977. The highest BCUT2D eigenvalue weighted by Crippen LogP contribution is 2.30. The van der Waals surface area contributed by atoms with Crippen LogP contribution < -0.4 is 9.64 Å². The van der Waals surface area contributed by atoms with E-state index in [1.165, 1.54) is 7.11 Å². The molecule has 0 aliphatic heterocycles. The van der Waals surface area contributed by atoms with Crippen LogP contribution in [-0.2, 0) is 9.53 Å². The molecule has 0 saturated carbocycles. The molecular weight excluding hydrogens is 387 g/mol. The fourth-order valence-corrected chi connectivity index (χ4v) is 3.18. The molecule has 0 bridgehead atoms. The Balaban J connectivity index is 1.82. The first kappa shape index (κ1) is 19.3. The van der Waals surface area contributed by atoms with Gasteiger partial charge in [0.05, 0.1) is 17.6 Å². The highest BCUT2D eigenvalue weighted by Gasteiger charge is 2.15. The van der Waals surface area contributed by atoms with Gasteiger partial charge in [0.15, 0.2) is 6.10 Å². The zero-order valence-electron chi connectivity index (χ0n) is 15.1. The molecule has 0 aliphatic rings. The van der Waals surface area contributed by atoms with Gasteiger partial charge in [-0.2, -0.15) is 0 Å². The minimum absolute atomic E-state index is 0.423. The maximum absolute atomic E-state index is 11.4. The van der Waals surface area contributed by atoms with Crippen LogP contribution in [0.2, 0.25) is 10.0 Å². The van der Waals surface area contributed by atoms with E-state index in [0.717, 1.165) is 16.9 Å². The number of aromatic nitrogens is 1. The Morgan fingerprint density at radius 2 is 1.81 bits per heavy atom. The minimum atomic E-state index is -0.672. The molecule has 140 valence electrons. The highest BCUT2D eigenvalue weighted by molar-refractivity contribution is 6.38. The summed E-state index contributed by atoms with van der Waals surface area (Å²) in [5.41, 5.74) is 1.60. The maximum Gasteiger partial charge on any atom is 0.346 e. The number of carbonyl (C=O) groups excluding carboxylic acids is 1. The number of nitrogens with zero attached hydrogens (tertiary/aromatic N) is 2. The topological polar surface area (TPSA) is 51.7 Å². The molecule has 0 spiro atoms. The maximum atomic E-state index is 11.4. The number of hydrogen-bond donors (Lipinski definition) is 0. The summed E-state index contributed by atoms with van der Waals surface area (Å²) < 4.78 is 10.2. The first-order valence-electron chi connectivity index (χ1n) is 8.23. The van der Waals surface area contributed by atoms with Crippen LogP contribution in [0.1, 0.15) is 6.92 Å². The first-order valence-corrected chi connectivity index (χ1v) is 8.98. The molecule has 1 heterocycles. The number of methoxy groups -OCH3 is 1. The van der Waals surface area contributed by atoms with Crippen molar-refractivity contribution in [2.24, 2.45) is 0 Å². The molecule has 0 amide bonds. The van der Waals surface area contributed by atoms with E-state index < -0.39 is 12.1 Å². The van der Waals surface area contributed by atoms with Crippen molar-refractivity contribution in [3.05, 3.63) is 58.6 Å². The van der Waals surface area contributed by atoms with Gasteiger partial charge >= 0.3 is 5.97 Å². The number of benzene rings is 2. The Morgan fingerprint density at radius 3 is 2.48 bits per heavy atom. The summed E-state index contributed by atoms with van der Waals surface area (Å²) in [7, 11) is 3.24. The van der Waals surface area contributed by atoms with E-state index in [1.807, 2.05) is 42.3 Å². The fourth-order valence-electron chi connectivity index (χ4n) is 2.63. The lowest BCUT2D eigenvalue weighted by atomic mass is 10.2. The highest BCUT2D eigenvalue weighted by atomic mass is 35.5. The predicted molar refractivity (Wildman–Crippen MR) is 108 cm³/mol. The van der Waals surface area contributed by atoms with E-state index in [0.29, 0.717) is 21.3 Å². The molecule has 7 heteroatoms. The molecular formula is C20H18Cl2N2O3. The lowest BCUT2D eigenvalue weighted by Crippen LogP contribution is -2.24. The summed E-state index contributed by atoms with van der Waals surface area (Å²) >= 11 is 12.3. The Hall–Kier alpha value is -2.50. The summed E-state index contributed by atoms with van der Waals surface area (Å²) in [5.74, 6) is 0.895. The van der Waals surface area contributed by atoms with Crippen molar-refractivity contribution in [3.63, 3.8) is 0 Å². The van der Waals surface area contributed by atoms with Gasteiger partial charge < -0.3 is 14.4 Å². The Kier molecular flexibility index (Phi) is 5.73. The number of hydrogen-bond acceptors (Lipinski definition) is 5. The normalized spacial score (nSPS) is 11.9. The van der Waals surface area contributed by atoms with Crippen LogP contribution in [0.5, 0.6) is 5.75 Å². The number of ether oxygens (including phenoxy) is 2. The van der Waals surface area contributed by atoms with Crippen LogP contribution in [0.15, 0.2) is 48.5 Å². The van der Waals surface area contributed by atoms with Gasteiger partial charge in [-0.1, -0.05) is 23.2 Å². The molecule has 3 aromatic rings. The van der Waals surface area contributed by atoms with E-state index in [-0.39, 0.29) is 0 Å². The molecule has 0 aliphatic carbocycles. The van der Waals surface area contributed by atoms with Crippen molar-refractivity contribution < 1.29 is 14.3 Å². The summed E-state index contributed by atoms with van der Waals surface area (Å²) in [5, 5.41) is 1.96. The second-order valence-corrected chi connectivity index (χ2v) is 6.81. The third kappa shape index (κ3) is 4.26. The average molecular weight is 405 g/mol. The standard InChI is InChI=1S/C20H18Cl2N2O3/c1-12(20(25)26-3)27-16-7-5-15(6-8-16)24(2)18-9-4-13-10-14(21)11-17(22)19(13)23-18/h4-12H,1-3H3. The van der Waals surface area contributed by atoms with E-state index in [2.05, 4.69) is 9.72 Å². The van der Waals surface area contributed by atoms with E-state index in [1.54, 1.807) is 25.1 Å². The number of halogens is 2. The van der Waals surface area contributed by atoms with Gasteiger partial charge in [0.2, 0.25) is 0 Å². The van der Waals surface area contributed by atoms with Crippen LogP contribution in [0, 0.1) is 0 Å². The number of anilines is 2. The number of esters is 1. The van der Waals surface area contributed by atoms with Gasteiger partial charge in [-0.05, 0) is 55.5 Å². The lowest BCUT2D eigenvalue weighted by molar-refractivity contribution is -0.147. The third-order valence-electron chi connectivity index (χ3n) is 4.11. The van der Waals surface area contributed by atoms with Crippen LogP contribution in [0.4, 0.5) is 11.5 Å². The van der Waals surface area contributed by atoms with Crippen molar-refractivity contribution in [2.45, 2.75) is 13.0 Å². The number of fused-ring (bicyclic) bond motifs is 1. The Morgan fingerprint density at radius 1 is 1.11 bits per heavy atom. The van der Waals surface area contributed by atoms with Crippen LogP contribution in [0.3, 0.4) is 0 Å². The molecule has 0 fully saturated rings. The fraction of sp³-hybridized carbons (Fsp3) is 0.200. The van der Waals surface area contributed by atoms with Gasteiger partial charge in [0, 0.05) is 23.1 Å². The molecule has 5 nitrogen and oxygen atoms in total. The lowest BCUT2D eigenvalue weighted by Gasteiger charge is -2.20. The molecule has 0 radical (unpaired) electrons. The summed E-state index contributed by atoms with van der Waals surface area (Å²) in [6.07, 6.45) is -0.672. The van der Waals surface area contributed by atoms with Crippen molar-refractivity contribution in [1.82, 2.24) is 4.98 Å². The van der Waals surface area contributed by atoms with Crippen molar-refractivity contribution in [3.8, 4) is 5.75 Å². The minimum Gasteiger partial charge on any atom is -0.479 e. The number of rotatable bonds is 5. The SMILES string of the molecule is COC(=O)C(C)Oc1ccc(N(C)c2ccc3cc(Cl)cc(Cl)c3n2)cc1. The van der Waals surface area contributed by atoms with Gasteiger partial charge in [0.25, 0.3) is 0 Å². The smallest absolute Gasteiger partial charge is 0.346 e. The zero-order chi connectivity index (χ0) is 19.6. The summed E-state index contributed by atoms with van der Waals surface area (Å²) in [4.78, 5) is 18.0. The average Bonchev–Trinajstić information content (AvgIpc) is 2.67. The number of pyridine rings is 1. The molecule has 27 heavy (non-hydrogen) atoms. The second kappa shape index (κ2) is 8.03. The second-order valence-electron chi connectivity index (χ2n) is 5.96. The first-order chi connectivity index (χ1) is 12.9. The van der Waals surface area contributed by atoms with Gasteiger partial charge in [-0.25, -0.2) is 9.78 Å². The molecule has 0 saturated heterocycles. The molecule has 1 atom stereocenters. The summed E-state index contributed by atoms with van der Waals surface area (Å²) in [6.45, 7) is 1.64. The third-order valence-corrected chi connectivity index (χ3v) is 4.62. The van der Waals surface area contributed by atoms with Crippen molar-refractivity contribution in [2.75, 3.05) is 19.1 Å². The number of carbonyl (C=O) groups is 1. The largest absolute Gasteiger partial charge is 0.479 e. The van der Waals surface area contributed by atoms with Crippen LogP contribution >= 0.6 is 23.2 Å². The Labute approximate surface area is 167 Å². The van der Waals surface area contributed by atoms with Crippen molar-refractivity contribution in [1.29, 1.82) is 0 Å². The van der Waals surface area contributed by atoms with E-state index in [9.17, 15) is 4.79 Å². The molecule has 1 unspecified atom stereocenters. The van der Waals surface area contributed by atoms with Gasteiger partial charge in [-0.15, -0.1) is 0 Å². The quantitative estimate of drug-likeness (QED) is 0.543. The van der Waals surface area contributed by atoms with Gasteiger partial charge in [0.1, 0.15) is 11.6 Å².